The van der Waals surface area contributed by atoms with Crippen LogP contribution < -0.4 is 118 Å². The van der Waals surface area contributed by atoms with Gasteiger partial charge in [-0.1, -0.05) is 47.6 Å². The van der Waals surface area contributed by atoms with Crippen molar-refractivity contribution in [2.24, 2.45) is 0 Å². The van der Waals surface area contributed by atoms with E-state index in [1.54, 1.807) is 69.0 Å². The van der Waals surface area contributed by atoms with Crippen LogP contribution in [0.4, 0.5) is 0 Å². The average molecular weight is 1630 g/mol. The van der Waals surface area contributed by atoms with Gasteiger partial charge in [0.15, 0.2) is 12.6 Å². The van der Waals surface area contributed by atoms with Gasteiger partial charge in [-0.05, 0) is 232 Å². The molecule has 0 amide bonds. The van der Waals surface area contributed by atoms with E-state index in [1.807, 2.05) is 94.0 Å². The number of hydrogen-bond donors (Lipinski definition) is 2. The molecular formula is C64H73Br4ClK2O14S4. The second-order valence-electron chi connectivity index (χ2n) is 18.1. The summed E-state index contributed by atoms with van der Waals surface area (Å²) in [5.74, 6) is 1.58. The van der Waals surface area contributed by atoms with Crippen molar-refractivity contribution in [2.45, 2.75) is 74.4 Å². The number of phenolic OH excluding ortho intramolecular Hbond substituents is 1. The van der Waals surface area contributed by atoms with Crippen molar-refractivity contribution in [3.63, 3.8) is 0 Å². The van der Waals surface area contributed by atoms with Crippen LogP contribution >= 0.6 is 99.7 Å². The Bertz CT molecular complexity index is 3730. The number of furan rings is 3. The van der Waals surface area contributed by atoms with E-state index >= 15 is 0 Å². The number of carbonyl (C=O) groups is 3. The van der Waals surface area contributed by atoms with E-state index in [0.29, 0.717) is 36.4 Å². The Labute approximate surface area is 662 Å². The molecule has 14 nitrogen and oxygen atoms in total. The fourth-order valence-electron chi connectivity index (χ4n) is 7.53. The zero-order valence-corrected chi connectivity index (χ0v) is 67.8. The van der Waals surface area contributed by atoms with Gasteiger partial charge < -0.3 is 44.5 Å². The standard InChI is InChI=1S/C21H21BrO3S2.C18H15BrO3.C9H6Br2O.C9H10O2.C3H8OS2.C2H6O.CH2O3.CH4.ClH.2K.H/c1-13-5-6-16(11-19(26-3)27(4)23)20(14(13)2)25-12-15-9-17-7-8-24-21(17)18(22)10-15;1-11-3-4-15(9-20)17(12(11)2)22-10-13-7-14-5-6-21-18(14)16(19)8-13;10-5-6-3-7-1-2-12-9(7)8(11)4-6;1-6-3-4-8(5-10)9(11)7(6)2;1-5-3-6(2)4;1-2-3;2-1-4-3;;;;;/h5-11H,12H2,1-4H3;3-9H,10H2,1-2H3;1-4H,5H2;3-5,11H,1-2H3;3H2,1-2H3;3H,2H2,1H3;1,3H;1H4;1H;;;/q;;;;;;;;;2*+1;-1/p-1/b19-11+;;;;;;;;;;;. The van der Waals surface area contributed by atoms with Crippen molar-refractivity contribution in [1.82, 2.24) is 0 Å². The Balaban J connectivity index is -0.00000108. The minimum absolute atomic E-state index is 0. The first-order valence-corrected chi connectivity index (χ1v) is 34.9. The zero-order chi connectivity index (χ0) is 63.3. The van der Waals surface area contributed by atoms with Gasteiger partial charge in [0.05, 0.1) is 63.5 Å². The van der Waals surface area contributed by atoms with Crippen molar-refractivity contribution < 1.29 is 170 Å². The minimum Gasteiger partial charge on any atom is -1.00 e. The van der Waals surface area contributed by atoms with E-state index < -0.39 is 21.6 Å². The molecular weight excluding hydrogens is 1550 g/mol. The molecule has 0 aliphatic rings. The Morgan fingerprint density at radius 1 is 0.629 bits per heavy atom. The van der Waals surface area contributed by atoms with Crippen LogP contribution in [-0.2, 0) is 49.8 Å². The number of aliphatic hydroxyl groups excluding tert-OH is 1. The summed E-state index contributed by atoms with van der Waals surface area (Å²) in [7, 11) is -1.63. The number of rotatable bonds is 15. The number of halogens is 5. The summed E-state index contributed by atoms with van der Waals surface area (Å²) in [6.07, 6.45) is 15.8. The molecule has 0 fully saturated rings. The summed E-state index contributed by atoms with van der Waals surface area (Å²) >= 11 is 17.0. The summed E-state index contributed by atoms with van der Waals surface area (Å²) < 4.78 is 54.0. The van der Waals surface area contributed by atoms with Crippen LogP contribution in [0.3, 0.4) is 0 Å². The number of aliphatic hydroxyl groups is 1. The number of thioether (sulfide) groups is 2. The second-order valence-corrected chi connectivity index (χ2v) is 26.3. The number of aryl methyl sites for hydroxylation is 3. The number of hydrogen-bond acceptors (Lipinski definition) is 16. The molecule has 0 saturated carbocycles. The van der Waals surface area contributed by atoms with Crippen LogP contribution in [0.1, 0.15) is 92.1 Å². The molecule has 0 bridgehead atoms. The van der Waals surface area contributed by atoms with Crippen LogP contribution in [0.5, 0.6) is 17.2 Å². The minimum atomic E-state index is -1.03. The Morgan fingerprint density at radius 3 is 1.33 bits per heavy atom. The van der Waals surface area contributed by atoms with E-state index in [0.717, 1.165) is 123 Å². The normalized spacial score (nSPS) is 10.7. The predicted molar refractivity (Wildman–Crippen MR) is 376 cm³/mol. The molecule has 25 heteroatoms. The molecule has 2 atom stereocenters. The van der Waals surface area contributed by atoms with Crippen molar-refractivity contribution in [3.05, 3.63) is 194 Å². The molecule has 3 heterocycles. The molecule has 2 unspecified atom stereocenters. The van der Waals surface area contributed by atoms with Crippen molar-refractivity contribution in [2.75, 3.05) is 36.7 Å². The van der Waals surface area contributed by atoms with Crippen LogP contribution in [0, 0.1) is 41.5 Å². The number of aldehydes is 2. The third kappa shape index (κ3) is 29.0. The smallest absolute Gasteiger partial charge is 1.00 e. The maximum Gasteiger partial charge on any atom is 1.00 e. The van der Waals surface area contributed by atoms with Crippen molar-refractivity contribution in [1.29, 1.82) is 0 Å². The van der Waals surface area contributed by atoms with Crippen molar-refractivity contribution >= 4 is 179 Å². The van der Waals surface area contributed by atoms with E-state index in [-0.39, 0.29) is 143 Å². The van der Waals surface area contributed by atoms with Crippen molar-refractivity contribution in [3.8, 4) is 17.2 Å². The van der Waals surface area contributed by atoms with Gasteiger partial charge in [0.25, 0.3) is 6.47 Å². The summed E-state index contributed by atoms with van der Waals surface area (Å²) in [6.45, 7) is 14.4. The van der Waals surface area contributed by atoms with E-state index in [4.69, 9.17) is 37.9 Å². The monoisotopic (exact) mass is 1620 g/mol. The quantitative estimate of drug-likeness (QED) is 0.0321. The van der Waals surface area contributed by atoms with Gasteiger partial charge in [-0.3, -0.25) is 22.8 Å². The second kappa shape index (κ2) is 48.1. The molecule has 0 aliphatic heterocycles. The number of aromatic hydroxyl groups is 1. The first kappa shape index (κ1) is 89.4. The van der Waals surface area contributed by atoms with Gasteiger partial charge in [0.2, 0.25) is 0 Å². The maximum absolute atomic E-state index is 11.9. The van der Waals surface area contributed by atoms with E-state index in [9.17, 15) is 23.1 Å². The van der Waals surface area contributed by atoms with Gasteiger partial charge in [0, 0.05) is 57.0 Å². The molecule has 89 heavy (non-hydrogen) atoms. The molecule has 474 valence electrons. The molecule has 0 aliphatic carbocycles. The topological polar surface area (TPSA) is 216 Å². The van der Waals surface area contributed by atoms with Crippen LogP contribution in [0.15, 0.2) is 141 Å². The number of alkyl halides is 1. The first-order chi connectivity index (χ1) is 40.6. The predicted octanol–water partition coefficient (Wildman–Crippen LogP) is 11.8. The largest absolute Gasteiger partial charge is 1.00 e. The van der Waals surface area contributed by atoms with Gasteiger partial charge >= 0.3 is 103 Å². The third-order valence-corrected chi connectivity index (χ3v) is 19.2. The van der Waals surface area contributed by atoms with Gasteiger partial charge in [-0.2, -0.15) is 11.8 Å². The molecule has 9 aromatic rings. The third-order valence-electron chi connectivity index (χ3n) is 12.1. The van der Waals surface area contributed by atoms with Crippen LogP contribution in [0.25, 0.3) is 39.0 Å². The number of benzene rings is 6. The number of ether oxygens (including phenoxy) is 2. The Morgan fingerprint density at radius 2 is 0.989 bits per heavy atom. The van der Waals surface area contributed by atoms with Gasteiger partial charge in [-0.15, -0.1) is 24.2 Å². The maximum atomic E-state index is 11.9. The Hall–Kier alpha value is -1.71. The van der Waals surface area contributed by atoms with Gasteiger partial charge in [0.1, 0.15) is 47.2 Å². The SMILES string of the molecule is BrCc1cc(Br)c2occc2c1.C.CCO.CS/C(=C\c1ccc(C)c(C)c1OCc1cc(Br)c2occc2c1)S(C)=O.CSCS(C)=O.Cc1ccc(C=O)c(O)c1C.Cc1ccc(C=O)c(OCc2cc(Br)c3occc3c2)c1C.Cl.O=CO[O-].[H-].[K+].[K+]. The number of carbonyl (C=O) groups excluding carboxylic acids is 3. The molecule has 0 spiro atoms. The van der Waals surface area contributed by atoms with Gasteiger partial charge in [-0.25, -0.2) is 0 Å². The molecule has 2 N–H and O–H groups in total. The summed E-state index contributed by atoms with van der Waals surface area (Å²) in [6, 6.07) is 29.3. The first-order valence-electron chi connectivity index (χ1n) is 25.5. The molecule has 3 aromatic heterocycles. The average Bonchev–Trinajstić information content (AvgIpc) is 3.90. The summed E-state index contributed by atoms with van der Waals surface area (Å²) in [5, 5.41) is 30.2. The zero-order valence-electron chi connectivity index (χ0n) is 52.1. The van der Waals surface area contributed by atoms with E-state index in [1.165, 1.54) is 17.3 Å². The summed E-state index contributed by atoms with van der Waals surface area (Å²) in [5.41, 5.74) is 13.9. The molecule has 0 radical (unpaired) electrons. The number of phenols is 1. The van der Waals surface area contributed by atoms with Crippen LogP contribution in [0.2, 0.25) is 0 Å². The number of fused-ring (bicyclic) bond motifs is 3. The molecule has 6 aromatic carbocycles. The van der Waals surface area contributed by atoms with Crippen LogP contribution in [-0.4, -0.2) is 74.4 Å². The molecule has 9 rings (SSSR count). The fraction of sp³-hybridized carbons (Fsp3) is 0.266. The molecule has 0 saturated heterocycles. The Kier molecular flexibility index (Phi) is 48.2. The van der Waals surface area contributed by atoms with E-state index in [2.05, 4.69) is 107 Å². The fourth-order valence-corrected chi connectivity index (χ4v) is 12.5. The summed E-state index contributed by atoms with van der Waals surface area (Å²) in [4.78, 5) is 32.8.